The largest absolute Gasteiger partial charge is 0.474 e. The summed E-state index contributed by atoms with van der Waals surface area (Å²) >= 11 is 3.42. The summed E-state index contributed by atoms with van der Waals surface area (Å²) in [4.78, 5) is 15.7. The zero-order chi connectivity index (χ0) is 23.0. The molecule has 4 heterocycles. The van der Waals surface area contributed by atoms with Crippen LogP contribution in [0.4, 0.5) is 5.82 Å². The molecule has 0 unspecified atom stereocenters. The molecule has 0 N–H and O–H groups in total. The summed E-state index contributed by atoms with van der Waals surface area (Å²) in [5.74, 6) is 1.46. The first kappa shape index (κ1) is 21.8. The highest BCUT2D eigenvalue weighted by molar-refractivity contribution is 9.10. The van der Waals surface area contributed by atoms with Crippen LogP contribution in [0.1, 0.15) is 12.8 Å². The van der Waals surface area contributed by atoms with Gasteiger partial charge in [0.05, 0.1) is 16.8 Å². The molecule has 1 aliphatic rings. The van der Waals surface area contributed by atoms with Crippen LogP contribution in [-0.2, 0) is 9.84 Å². The van der Waals surface area contributed by atoms with Gasteiger partial charge in [0, 0.05) is 42.9 Å². The lowest BCUT2D eigenvalue weighted by Gasteiger charge is -2.32. The third-order valence-corrected chi connectivity index (χ3v) is 7.19. The zero-order valence-electron chi connectivity index (χ0n) is 17.8. The Kier molecular flexibility index (Phi) is 5.75. The number of ether oxygens (including phenoxy) is 1. The summed E-state index contributed by atoms with van der Waals surface area (Å²) in [6.07, 6.45) is 7.86. The Morgan fingerprint density at radius 1 is 1.00 bits per heavy atom. The molecule has 0 radical (unpaired) electrons. The summed E-state index contributed by atoms with van der Waals surface area (Å²) in [7, 11) is -3.26. The molecule has 9 nitrogen and oxygen atoms in total. The summed E-state index contributed by atoms with van der Waals surface area (Å²) in [6, 6.07) is 10.5. The van der Waals surface area contributed by atoms with Crippen molar-refractivity contribution in [3.8, 4) is 11.6 Å². The van der Waals surface area contributed by atoms with Crippen LogP contribution in [0.15, 0.2) is 64.5 Å². The molecule has 3 aromatic heterocycles. The highest BCUT2D eigenvalue weighted by atomic mass is 79.9. The van der Waals surface area contributed by atoms with Gasteiger partial charge in [-0.25, -0.2) is 28.1 Å². The molecule has 11 heteroatoms. The molecule has 0 atom stereocenters. The van der Waals surface area contributed by atoms with Crippen molar-refractivity contribution in [1.82, 2.24) is 24.7 Å². The molecule has 1 aliphatic heterocycles. The number of pyridine rings is 1. The molecule has 0 amide bonds. The van der Waals surface area contributed by atoms with Crippen molar-refractivity contribution in [2.45, 2.75) is 23.8 Å². The van der Waals surface area contributed by atoms with Gasteiger partial charge in [-0.15, -0.1) is 0 Å². The van der Waals surface area contributed by atoms with E-state index in [4.69, 9.17) is 4.74 Å². The number of fused-ring (bicyclic) bond motifs is 1. The highest BCUT2D eigenvalue weighted by Gasteiger charge is 2.23. The lowest BCUT2D eigenvalue weighted by Crippen LogP contribution is -2.38. The maximum Gasteiger partial charge on any atom is 0.228 e. The Labute approximate surface area is 199 Å². The van der Waals surface area contributed by atoms with Crippen molar-refractivity contribution in [3.63, 3.8) is 0 Å². The maximum atomic E-state index is 11.7. The van der Waals surface area contributed by atoms with Gasteiger partial charge in [-0.1, -0.05) is 0 Å². The number of piperidine rings is 1. The molecular formula is C22H21BrN6O3S. The van der Waals surface area contributed by atoms with E-state index < -0.39 is 9.84 Å². The van der Waals surface area contributed by atoms with Gasteiger partial charge in [-0.05, 0) is 52.3 Å². The summed E-state index contributed by atoms with van der Waals surface area (Å²) in [5.41, 5.74) is 1.31. The molecule has 1 fully saturated rings. The average molecular weight is 529 g/mol. The number of anilines is 1. The molecular weight excluding hydrogens is 508 g/mol. The molecule has 5 rings (SSSR count). The normalized spacial score (nSPS) is 15.2. The van der Waals surface area contributed by atoms with Crippen molar-refractivity contribution in [2.75, 3.05) is 24.2 Å². The van der Waals surface area contributed by atoms with E-state index >= 15 is 0 Å². The molecule has 170 valence electrons. The lowest BCUT2D eigenvalue weighted by atomic mass is 10.1. The third-order valence-electron chi connectivity index (χ3n) is 5.59. The monoisotopic (exact) mass is 528 g/mol. The smallest absolute Gasteiger partial charge is 0.228 e. The van der Waals surface area contributed by atoms with Gasteiger partial charge in [0.15, 0.2) is 15.5 Å². The molecule has 0 aliphatic carbocycles. The van der Waals surface area contributed by atoms with E-state index in [0.717, 1.165) is 36.2 Å². The molecule has 1 aromatic carbocycles. The van der Waals surface area contributed by atoms with Crippen LogP contribution in [0.3, 0.4) is 0 Å². The molecule has 0 saturated carbocycles. The van der Waals surface area contributed by atoms with Crippen molar-refractivity contribution in [1.29, 1.82) is 0 Å². The van der Waals surface area contributed by atoms with Crippen LogP contribution >= 0.6 is 15.9 Å². The fourth-order valence-corrected chi connectivity index (χ4v) is 4.72. The van der Waals surface area contributed by atoms with Gasteiger partial charge in [0.25, 0.3) is 0 Å². The van der Waals surface area contributed by atoms with E-state index in [1.165, 1.54) is 12.6 Å². The quantitative estimate of drug-likeness (QED) is 0.388. The predicted octanol–water partition coefficient (Wildman–Crippen LogP) is 3.42. The van der Waals surface area contributed by atoms with Gasteiger partial charge in [0.2, 0.25) is 5.88 Å². The summed E-state index contributed by atoms with van der Waals surface area (Å²) in [5, 5.41) is 5.14. The lowest BCUT2D eigenvalue weighted by molar-refractivity contribution is 0.166. The SMILES string of the molecule is CS(=O)(=O)c1ccc(-n2ncc3c(OC4CCN(c5ccc(Br)cn5)CC4)ncnc32)cc1. The van der Waals surface area contributed by atoms with Crippen LogP contribution in [0.25, 0.3) is 16.7 Å². The van der Waals surface area contributed by atoms with E-state index in [0.29, 0.717) is 22.6 Å². The molecule has 0 spiro atoms. The van der Waals surface area contributed by atoms with Gasteiger partial charge in [-0.3, -0.25) is 0 Å². The van der Waals surface area contributed by atoms with Gasteiger partial charge in [-0.2, -0.15) is 5.10 Å². The number of benzene rings is 1. The van der Waals surface area contributed by atoms with E-state index in [1.807, 2.05) is 18.3 Å². The second-order valence-corrected chi connectivity index (χ2v) is 10.8. The predicted molar refractivity (Wildman–Crippen MR) is 128 cm³/mol. The Bertz CT molecular complexity index is 1380. The first-order valence-corrected chi connectivity index (χ1v) is 13.1. The van der Waals surface area contributed by atoms with Crippen LogP contribution in [0.2, 0.25) is 0 Å². The fraction of sp³-hybridized carbons (Fsp3) is 0.273. The fourth-order valence-electron chi connectivity index (χ4n) is 3.86. The Balaban J connectivity index is 1.32. The van der Waals surface area contributed by atoms with Gasteiger partial charge < -0.3 is 9.64 Å². The number of nitrogens with zero attached hydrogens (tertiary/aromatic N) is 6. The van der Waals surface area contributed by atoms with Crippen LogP contribution in [0.5, 0.6) is 5.88 Å². The Morgan fingerprint density at radius 3 is 2.42 bits per heavy atom. The van der Waals surface area contributed by atoms with E-state index in [2.05, 4.69) is 40.9 Å². The zero-order valence-corrected chi connectivity index (χ0v) is 20.2. The summed E-state index contributed by atoms with van der Waals surface area (Å²) < 4.78 is 32.3. The molecule has 1 saturated heterocycles. The minimum atomic E-state index is -3.26. The Morgan fingerprint density at radius 2 is 1.76 bits per heavy atom. The number of aromatic nitrogens is 5. The number of hydrogen-bond donors (Lipinski definition) is 0. The minimum Gasteiger partial charge on any atom is -0.474 e. The van der Waals surface area contributed by atoms with Crippen molar-refractivity contribution in [3.05, 3.63) is 59.6 Å². The summed E-state index contributed by atoms with van der Waals surface area (Å²) in [6.45, 7) is 1.69. The van der Waals surface area contributed by atoms with Crippen molar-refractivity contribution >= 4 is 42.6 Å². The highest BCUT2D eigenvalue weighted by Crippen LogP contribution is 2.27. The van der Waals surface area contributed by atoms with Gasteiger partial charge >= 0.3 is 0 Å². The van der Waals surface area contributed by atoms with E-state index in [9.17, 15) is 8.42 Å². The molecule has 0 bridgehead atoms. The second kappa shape index (κ2) is 8.71. The average Bonchev–Trinajstić information content (AvgIpc) is 3.25. The van der Waals surface area contributed by atoms with Crippen LogP contribution in [-0.4, -0.2) is 58.6 Å². The first-order chi connectivity index (χ1) is 15.9. The Hall–Kier alpha value is -3.05. The third kappa shape index (κ3) is 4.55. The second-order valence-electron chi connectivity index (χ2n) is 7.88. The topological polar surface area (TPSA) is 103 Å². The molecule has 4 aromatic rings. The minimum absolute atomic E-state index is 0.0344. The van der Waals surface area contributed by atoms with Crippen LogP contribution < -0.4 is 9.64 Å². The standard InChI is InChI=1S/C22H21BrN6O3S/c1-33(30,31)18-5-3-16(4-6-18)29-21-19(13-27-29)22(26-14-25-21)32-17-8-10-28(11-9-17)20-7-2-15(23)12-24-20/h2-7,12-14,17H,8-11H2,1H3. The first-order valence-electron chi connectivity index (χ1n) is 10.4. The van der Waals surface area contributed by atoms with Gasteiger partial charge in [0.1, 0.15) is 23.6 Å². The number of rotatable bonds is 5. The van der Waals surface area contributed by atoms with E-state index in [-0.39, 0.29) is 11.0 Å². The number of halogens is 1. The van der Waals surface area contributed by atoms with Crippen LogP contribution in [0, 0.1) is 0 Å². The van der Waals surface area contributed by atoms with Crippen molar-refractivity contribution < 1.29 is 13.2 Å². The molecule has 33 heavy (non-hydrogen) atoms. The maximum absolute atomic E-state index is 11.7. The number of sulfone groups is 1. The van der Waals surface area contributed by atoms with E-state index in [1.54, 1.807) is 35.1 Å². The number of hydrogen-bond acceptors (Lipinski definition) is 8. The van der Waals surface area contributed by atoms with Crippen molar-refractivity contribution in [2.24, 2.45) is 0 Å².